The van der Waals surface area contributed by atoms with Crippen LogP contribution in [0.4, 0.5) is 5.69 Å². The molecule has 0 spiro atoms. The van der Waals surface area contributed by atoms with E-state index < -0.39 is 0 Å². The lowest BCUT2D eigenvalue weighted by molar-refractivity contribution is 0.809. The number of aromatic nitrogens is 1. The van der Waals surface area contributed by atoms with E-state index in [-0.39, 0.29) is 0 Å². The third-order valence-electron chi connectivity index (χ3n) is 6.30. The van der Waals surface area contributed by atoms with Gasteiger partial charge < -0.3 is 0 Å². The van der Waals surface area contributed by atoms with Gasteiger partial charge >= 0.3 is 0 Å². The maximum atomic E-state index is 4.98. The molecule has 0 saturated carbocycles. The molecule has 140 valence electrons. The lowest BCUT2D eigenvalue weighted by atomic mass is 9.93. The molecule has 0 N–H and O–H groups in total. The molecule has 0 amide bonds. The van der Waals surface area contributed by atoms with Crippen LogP contribution in [0.25, 0.3) is 0 Å². The highest BCUT2D eigenvalue weighted by Crippen LogP contribution is 2.32. The second kappa shape index (κ2) is 7.22. The van der Waals surface area contributed by atoms with Gasteiger partial charge in [-0.15, -0.1) is 0 Å². The maximum absolute atomic E-state index is 4.98. The second-order valence-corrected chi connectivity index (χ2v) is 7.59. The van der Waals surface area contributed by atoms with E-state index in [1.54, 1.807) is 0 Å². The Kier molecular flexibility index (Phi) is 5.60. The fourth-order valence-electron chi connectivity index (χ4n) is 3.38. The number of aliphatic imine (C=N–C) groups is 1. The molecular formula is C23H33N3. The van der Waals surface area contributed by atoms with Crippen molar-refractivity contribution < 1.29 is 0 Å². The zero-order chi connectivity index (χ0) is 19.9. The van der Waals surface area contributed by atoms with Gasteiger partial charge in [-0.25, -0.2) is 4.68 Å². The first-order valence-electron chi connectivity index (χ1n) is 9.32. The summed E-state index contributed by atoms with van der Waals surface area (Å²) in [5.41, 5.74) is 14.6. The van der Waals surface area contributed by atoms with Crippen LogP contribution in [0.2, 0.25) is 0 Å². The quantitative estimate of drug-likeness (QED) is 0.582. The molecule has 2 rings (SSSR count). The molecule has 0 saturated heterocycles. The fourth-order valence-corrected chi connectivity index (χ4v) is 3.38. The van der Waals surface area contributed by atoms with Crippen LogP contribution in [-0.2, 0) is 0 Å². The van der Waals surface area contributed by atoms with E-state index in [9.17, 15) is 0 Å². The van der Waals surface area contributed by atoms with E-state index in [0.717, 1.165) is 17.1 Å². The molecule has 1 aromatic carbocycles. The van der Waals surface area contributed by atoms with E-state index >= 15 is 0 Å². The Balaban J connectivity index is 2.57. The molecule has 0 aliphatic heterocycles. The molecule has 0 aliphatic rings. The zero-order valence-corrected chi connectivity index (χ0v) is 18.3. The minimum Gasteiger partial charge on any atom is -0.251 e. The lowest BCUT2D eigenvalue weighted by Crippen LogP contribution is -2.10. The van der Waals surface area contributed by atoms with Crippen LogP contribution in [0.3, 0.4) is 0 Å². The van der Waals surface area contributed by atoms with E-state index in [4.69, 9.17) is 10.1 Å². The van der Waals surface area contributed by atoms with E-state index in [0.29, 0.717) is 0 Å². The Morgan fingerprint density at radius 3 is 1.35 bits per heavy atom. The molecule has 0 fully saturated rings. The molecular weight excluding hydrogens is 318 g/mol. The normalized spacial score (nSPS) is 12.9. The topological polar surface area (TPSA) is 29.6 Å². The molecule has 0 aliphatic carbocycles. The average Bonchev–Trinajstić information content (AvgIpc) is 2.79. The highest BCUT2D eigenvalue weighted by atomic mass is 15.4. The predicted molar refractivity (Wildman–Crippen MR) is 115 cm³/mol. The fraction of sp³-hybridized carbons (Fsp3) is 0.478. The second-order valence-electron chi connectivity index (χ2n) is 7.59. The highest BCUT2D eigenvalue weighted by Gasteiger charge is 2.14. The van der Waals surface area contributed by atoms with Crippen LogP contribution in [0.5, 0.6) is 0 Å². The molecule has 1 aromatic heterocycles. The molecule has 0 bridgehead atoms. The molecule has 3 nitrogen and oxygen atoms in total. The zero-order valence-electron chi connectivity index (χ0n) is 18.3. The summed E-state index contributed by atoms with van der Waals surface area (Å²) in [6.45, 7) is 23.6. The van der Waals surface area contributed by atoms with Crippen LogP contribution < -0.4 is 0 Å². The van der Waals surface area contributed by atoms with Crippen molar-refractivity contribution in [3.05, 3.63) is 50.3 Å². The van der Waals surface area contributed by atoms with Gasteiger partial charge in [0.2, 0.25) is 0 Å². The van der Waals surface area contributed by atoms with Crippen molar-refractivity contribution in [2.45, 2.75) is 76.2 Å². The Morgan fingerprint density at radius 1 is 0.538 bits per heavy atom. The van der Waals surface area contributed by atoms with E-state index in [1.165, 1.54) is 50.3 Å². The summed E-state index contributed by atoms with van der Waals surface area (Å²) in [5, 5.41) is 4.86. The number of benzene rings is 1. The summed E-state index contributed by atoms with van der Waals surface area (Å²) in [5.74, 6) is 0. The van der Waals surface area contributed by atoms with Crippen molar-refractivity contribution in [3.63, 3.8) is 0 Å². The van der Waals surface area contributed by atoms with Crippen molar-refractivity contribution in [3.8, 4) is 0 Å². The maximum Gasteiger partial charge on any atom is 0.0794 e. The first-order chi connectivity index (χ1) is 12.0. The molecule has 2 aromatic rings. The summed E-state index contributed by atoms with van der Waals surface area (Å²) < 4.78 is 2.05. The molecule has 0 unspecified atom stereocenters. The summed E-state index contributed by atoms with van der Waals surface area (Å²) >= 11 is 0. The van der Waals surface area contributed by atoms with Crippen molar-refractivity contribution in [1.29, 1.82) is 0 Å². The number of rotatable bonds is 3. The Hall–Kier alpha value is -2.16. The smallest absolute Gasteiger partial charge is 0.0794 e. The van der Waals surface area contributed by atoms with Crippen molar-refractivity contribution in [1.82, 2.24) is 4.68 Å². The van der Waals surface area contributed by atoms with Crippen molar-refractivity contribution in [2.24, 2.45) is 10.1 Å². The van der Waals surface area contributed by atoms with Gasteiger partial charge in [0.05, 0.1) is 17.1 Å². The first kappa shape index (κ1) is 20.2. The van der Waals surface area contributed by atoms with Gasteiger partial charge in [-0.05, 0) is 115 Å². The van der Waals surface area contributed by atoms with Crippen LogP contribution in [0.1, 0.15) is 64.2 Å². The summed E-state index contributed by atoms with van der Waals surface area (Å²) in [7, 11) is 0. The standard InChI is InChI=1S/C23H33N3/c1-12-13(2)17(6)23(18(7)14(12)3)24-19(8)20(9)25-26-21(10)15(4)16(5)22(26)11/h1-11H3/b24-19?,25-20+. The summed E-state index contributed by atoms with van der Waals surface area (Å²) in [4.78, 5) is 4.98. The Morgan fingerprint density at radius 2 is 0.923 bits per heavy atom. The Labute approximate surface area is 158 Å². The van der Waals surface area contributed by atoms with Crippen LogP contribution in [0.15, 0.2) is 10.1 Å². The van der Waals surface area contributed by atoms with Gasteiger partial charge in [-0.1, -0.05) is 0 Å². The lowest BCUT2D eigenvalue weighted by Gasteiger charge is -2.16. The van der Waals surface area contributed by atoms with Gasteiger partial charge in [0.1, 0.15) is 0 Å². The SMILES string of the molecule is CC(=Nc1c(C)c(C)c(C)c(C)c1C)/C(C)=N/n1c(C)c(C)c(C)c1C. The van der Waals surface area contributed by atoms with Crippen LogP contribution in [0, 0.1) is 62.3 Å². The minimum atomic E-state index is 0.945. The number of nitrogens with zero attached hydrogens (tertiary/aromatic N) is 3. The third-order valence-corrected chi connectivity index (χ3v) is 6.30. The average molecular weight is 352 g/mol. The molecule has 0 atom stereocenters. The van der Waals surface area contributed by atoms with Gasteiger partial charge in [-0.3, -0.25) is 4.99 Å². The van der Waals surface area contributed by atoms with Crippen LogP contribution in [-0.4, -0.2) is 16.1 Å². The van der Waals surface area contributed by atoms with Gasteiger partial charge in [0.25, 0.3) is 0 Å². The highest BCUT2D eigenvalue weighted by molar-refractivity contribution is 6.41. The molecule has 26 heavy (non-hydrogen) atoms. The summed E-state index contributed by atoms with van der Waals surface area (Å²) in [6.07, 6.45) is 0. The van der Waals surface area contributed by atoms with Crippen molar-refractivity contribution >= 4 is 17.1 Å². The molecule has 1 heterocycles. The molecule has 3 heteroatoms. The van der Waals surface area contributed by atoms with Crippen molar-refractivity contribution in [2.75, 3.05) is 0 Å². The van der Waals surface area contributed by atoms with Gasteiger partial charge in [0, 0.05) is 11.4 Å². The van der Waals surface area contributed by atoms with Crippen LogP contribution >= 0.6 is 0 Å². The largest absolute Gasteiger partial charge is 0.251 e. The predicted octanol–water partition coefficient (Wildman–Crippen LogP) is 6.28. The number of hydrogen-bond acceptors (Lipinski definition) is 2. The number of hydrogen-bond donors (Lipinski definition) is 0. The third kappa shape index (κ3) is 3.27. The minimum absolute atomic E-state index is 0.945. The first-order valence-corrected chi connectivity index (χ1v) is 9.32. The van der Waals surface area contributed by atoms with E-state index in [2.05, 4.69) is 69.2 Å². The van der Waals surface area contributed by atoms with Gasteiger partial charge in [-0.2, -0.15) is 5.10 Å². The summed E-state index contributed by atoms with van der Waals surface area (Å²) in [6, 6.07) is 0. The Bertz CT molecular complexity index is 883. The van der Waals surface area contributed by atoms with E-state index in [1.807, 2.05) is 11.6 Å². The van der Waals surface area contributed by atoms with Gasteiger partial charge in [0.15, 0.2) is 0 Å². The monoisotopic (exact) mass is 351 g/mol. The molecule has 0 radical (unpaired) electrons.